The Kier molecular flexibility index (Phi) is 5.33. The highest BCUT2D eigenvalue weighted by Gasteiger charge is 2.22. The van der Waals surface area contributed by atoms with Gasteiger partial charge in [-0.3, -0.25) is 9.48 Å². The quantitative estimate of drug-likeness (QED) is 0.809. The Hall–Kier alpha value is -1.82. The van der Waals surface area contributed by atoms with E-state index >= 15 is 0 Å². The minimum Gasteiger partial charge on any atom is -0.480 e. The Labute approximate surface area is 122 Å². The standard InChI is InChI=1S/C13H18ClN3O3/c1-7(2)11(13(19)20)15-10(18)6-5-9-8(3)16-17(4)12(9)14/h5-7,11H,1-4H3,(H,15,18)(H,19,20)/b6-5+/t11-/m0/s1. The summed E-state index contributed by atoms with van der Waals surface area (Å²) in [5.41, 5.74) is 1.33. The van der Waals surface area contributed by atoms with Crippen molar-refractivity contribution in [3.8, 4) is 0 Å². The van der Waals surface area contributed by atoms with E-state index < -0.39 is 17.9 Å². The van der Waals surface area contributed by atoms with Gasteiger partial charge in [-0.25, -0.2) is 4.79 Å². The molecular formula is C13H18ClN3O3. The molecular weight excluding hydrogens is 282 g/mol. The number of carbonyl (C=O) groups is 2. The number of carboxylic acid groups (broad SMARTS) is 1. The van der Waals surface area contributed by atoms with Crippen molar-refractivity contribution < 1.29 is 14.7 Å². The molecule has 0 bridgehead atoms. The van der Waals surface area contributed by atoms with Crippen molar-refractivity contribution in [1.82, 2.24) is 15.1 Å². The molecule has 0 radical (unpaired) electrons. The van der Waals surface area contributed by atoms with Crippen molar-refractivity contribution in [2.75, 3.05) is 0 Å². The Morgan fingerprint density at radius 3 is 2.45 bits per heavy atom. The molecule has 0 aliphatic carbocycles. The van der Waals surface area contributed by atoms with E-state index in [0.717, 1.165) is 0 Å². The van der Waals surface area contributed by atoms with Crippen LogP contribution in [-0.2, 0) is 16.6 Å². The van der Waals surface area contributed by atoms with Gasteiger partial charge in [-0.1, -0.05) is 25.4 Å². The highest BCUT2D eigenvalue weighted by atomic mass is 35.5. The lowest BCUT2D eigenvalue weighted by molar-refractivity contribution is -0.142. The van der Waals surface area contributed by atoms with Gasteiger partial charge in [0.1, 0.15) is 11.2 Å². The fourth-order valence-corrected chi connectivity index (χ4v) is 1.95. The monoisotopic (exact) mass is 299 g/mol. The molecule has 20 heavy (non-hydrogen) atoms. The molecule has 1 heterocycles. The number of nitrogens with one attached hydrogen (secondary N) is 1. The van der Waals surface area contributed by atoms with Crippen molar-refractivity contribution >= 4 is 29.6 Å². The zero-order valence-electron chi connectivity index (χ0n) is 11.8. The molecule has 1 atom stereocenters. The number of amides is 1. The fraction of sp³-hybridized carbons (Fsp3) is 0.462. The molecule has 0 aromatic carbocycles. The van der Waals surface area contributed by atoms with Crippen molar-refractivity contribution in [3.63, 3.8) is 0 Å². The van der Waals surface area contributed by atoms with Crippen molar-refractivity contribution in [1.29, 1.82) is 0 Å². The number of aryl methyl sites for hydroxylation is 2. The van der Waals surface area contributed by atoms with E-state index in [9.17, 15) is 9.59 Å². The molecule has 1 rings (SSSR count). The van der Waals surface area contributed by atoms with Gasteiger partial charge in [0.15, 0.2) is 0 Å². The summed E-state index contributed by atoms with van der Waals surface area (Å²) < 4.78 is 1.50. The van der Waals surface area contributed by atoms with Crippen LogP contribution in [0.15, 0.2) is 6.08 Å². The minimum absolute atomic E-state index is 0.200. The summed E-state index contributed by atoms with van der Waals surface area (Å²) in [4.78, 5) is 22.7. The van der Waals surface area contributed by atoms with Crippen LogP contribution in [0.4, 0.5) is 0 Å². The number of halogens is 1. The molecule has 0 aliphatic heterocycles. The van der Waals surface area contributed by atoms with Gasteiger partial charge in [0, 0.05) is 18.7 Å². The molecule has 6 nitrogen and oxygen atoms in total. The number of nitrogens with zero attached hydrogens (tertiary/aromatic N) is 2. The van der Waals surface area contributed by atoms with Crippen LogP contribution in [0.3, 0.4) is 0 Å². The number of hydrogen-bond acceptors (Lipinski definition) is 3. The predicted molar refractivity (Wildman–Crippen MR) is 76.4 cm³/mol. The second-order valence-electron chi connectivity index (χ2n) is 4.82. The number of hydrogen-bond donors (Lipinski definition) is 2. The largest absolute Gasteiger partial charge is 0.480 e. The molecule has 0 aliphatic rings. The lowest BCUT2D eigenvalue weighted by Crippen LogP contribution is -2.43. The molecule has 0 saturated carbocycles. The van der Waals surface area contributed by atoms with Gasteiger partial charge in [-0.05, 0) is 18.9 Å². The first-order chi connectivity index (χ1) is 9.23. The van der Waals surface area contributed by atoms with Crippen molar-refractivity contribution in [3.05, 3.63) is 22.5 Å². The van der Waals surface area contributed by atoms with Crippen molar-refractivity contribution in [2.24, 2.45) is 13.0 Å². The normalized spacial score (nSPS) is 12.9. The maximum atomic E-state index is 11.7. The minimum atomic E-state index is -1.06. The smallest absolute Gasteiger partial charge is 0.326 e. The van der Waals surface area contributed by atoms with Crippen LogP contribution in [0.5, 0.6) is 0 Å². The third-order valence-electron chi connectivity index (χ3n) is 2.83. The summed E-state index contributed by atoms with van der Waals surface area (Å²) in [6.07, 6.45) is 2.79. The summed E-state index contributed by atoms with van der Waals surface area (Å²) in [5.74, 6) is -1.74. The van der Waals surface area contributed by atoms with Gasteiger partial charge in [0.25, 0.3) is 0 Å². The lowest BCUT2D eigenvalue weighted by Gasteiger charge is -2.16. The number of carboxylic acids is 1. The molecule has 110 valence electrons. The summed E-state index contributed by atoms with van der Waals surface area (Å²) in [6.45, 7) is 5.23. The number of aliphatic carboxylic acids is 1. The van der Waals surface area contributed by atoms with Crippen LogP contribution >= 0.6 is 11.6 Å². The Balaban J connectivity index is 2.80. The number of aromatic nitrogens is 2. The molecule has 1 amide bonds. The molecule has 0 saturated heterocycles. The van der Waals surface area contributed by atoms with E-state index in [1.54, 1.807) is 27.8 Å². The molecule has 0 fully saturated rings. The van der Waals surface area contributed by atoms with Crippen LogP contribution in [0.2, 0.25) is 5.15 Å². The van der Waals surface area contributed by atoms with Gasteiger partial charge in [-0.2, -0.15) is 5.10 Å². The third-order valence-corrected chi connectivity index (χ3v) is 3.28. The Morgan fingerprint density at radius 2 is 2.05 bits per heavy atom. The van der Waals surface area contributed by atoms with Crippen LogP contribution in [-0.4, -0.2) is 32.8 Å². The maximum Gasteiger partial charge on any atom is 0.326 e. The molecule has 0 spiro atoms. The van der Waals surface area contributed by atoms with Gasteiger partial charge < -0.3 is 10.4 Å². The highest BCUT2D eigenvalue weighted by Crippen LogP contribution is 2.19. The van der Waals surface area contributed by atoms with E-state index in [-0.39, 0.29) is 5.92 Å². The maximum absolute atomic E-state index is 11.7. The zero-order chi connectivity index (χ0) is 15.4. The molecule has 7 heteroatoms. The summed E-state index contributed by atoms with van der Waals surface area (Å²) in [6, 6.07) is -0.919. The average Bonchev–Trinajstić information content (AvgIpc) is 2.57. The van der Waals surface area contributed by atoms with E-state index in [1.165, 1.54) is 16.8 Å². The first-order valence-corrected chi connectivity index (χ1v) is 6.52. The average molecular weight is 300 g/mol. The molecule has 0 unspecified atom stereocenters. The van der Waals surface area contributed by atoms with Crippen molar-refractivity contribution in [2.45, 2.75) is 26.8 Å². The van der Waals surface area contributed by atoms with Crippen LogP contribution in [0.25, 0.3) is 6.08 Å². The first-order valence-electron chi connectivity index (χ1n) is 6.14. The fourth-order valence-electron chi connectivity index (χ4n) is 1.71. The van der Waals surface area contributed by atoms with Gasteiger partial charge in [-0.15, -0.1) is 0 Å². The topological polar surface area (TPSA) is 84.2 Å². The number of rotatable bonds is 5. The number of carbonyl (C=O) groups excluding carboxylic acids is 1. The van der Waals surface area contributed by atoms with Crippen LogP contribution < -0.4 is 5.32 Å². The van der Waals surface area contributed by atoms with Crippen LogP contribution in [0.1, 0.15) is 25.1 Å². The highest BCUT2D eigenvalue weighted by molar-refractivity contribution is 6.31. The van der Waals surface area contributed by atoms with Gasteiger partial charge >= 0.3 is 5.97 Å². The van der Waals surface area contributed by atoms with E-state index in [1.807, 2.05) is 0 Å². The van der Waals surface area contributed by atoms with E-state index in [2.05, 4.69) is 10.4 Å². The van der Waals surface area contributed by atoms with Crippen LogP contribution in [0, 0.1) is 12.8 Å². The summed E-state index contributed by atoms with van der Waals surface area (Å²) >= 11 is 6.03. The molecule has 1 aromatic heterocycles. The lowest BCUT2D eigenvalue weighted by atomic mass is 10.0. The van der Waals surface area contributed by atoms with E-state index in [0.29, 0.717) is 16.4 Å². The Morgan fingerprint density at radius 1 is 1.45 bits per heavy atom. The summed E-state index contributed by atoms with van der Waals surface area (Å²) in [5, 5.41) is 16.0. The molecule has 1 aromatic rings. The second-order valence-corrected chi connectivity index (χ2v) is 5.17. The Bertz CT molecular complexity index is 549. The molecule has 2 N–H and O–H groups in total. The zero-order valence-corrected chi connectivity index (χ0v) is 12.6. The SMILES string of the molecule is Cc1nn(C)c(Cl)c1/C=C/C(=O)N[C@H](C(=O)O)C(C)C. The summed E-state index contributed by atoms with van der Waals surface area (Å²) in [7, 11) is 1.70. The predicted octanol–water partition coefficient (Wildman–Crippen LogP) is 1.62. The third kappa shape index (κ3) is 3.84. The van der Waals surface area contributed by atoms with E-state index in [4.69, 9.17) is 16.7 Å². The van der Waals surface area contributed by atoms with Gasteiger partial charge in [0.05, 0.1) is 5.69 Å². The van der Waals surface area contributed by atoms with Gasteiger partial charge in [0.2, 0.25) is 5.91 Å². The first kappa shape index (κ1) is 16.2. The second kappa shape index (κ2) is 6.56.